The van der Waals surface area contributed by atoms with Crippen molar-refractivity contribution in [2.24, 2.45) is 0 Å². The number of nitrogens with one attached hydrogen (secondary N) is 1. The molecule has 0 saturated carbocycles. The summed E-state index contributed by atoms with van der Waals surface area (Å²) in [5.41, 5.74) is -2.66. The molecule has 0 spiro atoms. The standard InChI is InChI=1S/C18H11F5N2O4/c1-18(7-2-3-9-10(4-7)29-6-28-9)16(26)25(17(27)24-18)5-8-11(19)13(21)15(23)14(22)12(8)20/h2-4H,5-6H2,1H3,(H,24,27)/t18-/m0/s1. The molecule has 4 rings (SSSR count). The minimum absolute atomic E-state index is 0.0256. The second-order valence-corrected chi connectivity index (χ2v) is 6.56. The predicted molar refractivity (Wildman–Crippen MR) is 85.2 cm³/mol. The van der Waals surface area contributed by atoms with Crippen LogP contribution in [0.2, 0.25) is 0 Å². The van der Waals surface area contributed by atoms with Crippen LogP contribution >= 0.6 is 0 Å². The van der Waals surface area contributed by atoms with E-state index in [-0.39, 0.29) is 12.4 Å². The highest BCUT2D eigenvalue weighted by Crippen LogP contribution is 2.38. The lowest BCUT2D eigenvalue weighted by molar-refractivity contribution is -0.131. The van der Waals surface area contributed by atoms with Crippen molar-refractivity contribution < 1.29 is 41.0 Å². The van der Waals surface area contributed by atoms with Crippen molar-refractivity contribution in [3.63, 3.8) is 0 Å². The van der Waals surface area contributed by atoms with Gasteiger partial charge in [-0.1, -0.05) is 6.07 Å². The molecule has 0 unspecified atom stereocenters. The summed E-state index contributed by atoms with van der Waals surface area (Å²) in [7, 11) is 0. The summed E-state index contributed by atoms with van der Waals surface area (Å²) in [6.45, 7) is 0.169. The summed E-state index contributed by atoms with van der Waals surface area (Å²) in [6, 6.07) is 3.38. The largest absolute Gasteiger partial charge is 0.454 e. The van der Waals surface area contributed by atoms with Crippen molar-refractivity contribution in [1.82, 2.24) is 10.2 Å². The molecule has 1 N–H and O–H groups in total. The molecule has 2 aromatic carbocycles. The van der Waals surface area contributed by atoms with Gasteiger partial charge >= 0.3 is 6.03 Å². The van der Waals surface area contributed by atoms with Crippen molar-refractivity contribution in [3.8, 4) is 11.5 Å². The number of carbonyl (C=O) groups is 2. The number of fused-ring (bicyclic) bond motifs is 1. The minimum atomic E-state index is -2.33. The molecule has 2 aromatic rings. The van der Waals surface area contributed by atoms with Crippen LogP contribution in [0.4, 0.5) is 26.7 Å². The minimum Gasteiger partial charge on any atom is -0.454 e. The van der Waals surface area contributed by atoms with Gasteiger partial charge in [0.05, 0.1) is 6.54 Å². The number of amides is 3. The number of urea groups is 1. The molecular weight excluding hydrogens is 403 g/mol. The van der Waals surface area contributed by atoms with Gasteiger partial charge in [-0.15, -0.1) is 0 Å². The van der Waals surface area contributed by atoms with Crippen molar-refractivity contribution in [2.75, 3.05) is 6.79 Å². The molecular formula is C18H11F5N2O4. The van der Waals surface area contributed by atoms with Gasteiger partial charge in [-0.05, 0) is 24.6 Å². The summed E-state index contributed by atoms with van der Waals surface area (Å²) < 4.78 is 78.4. The number of nitrogens with zero attached hydrogens (tertiary/aromatic N) is 1. The fraction of sp³-hybridized carbons (Fsp3) is 0.222. The zero-order valence-corrected chi connectivity index (χ0v) is 14.6. The normalized spacial score (nSPS) is 20.4. The van der Waals surface area contributed by atoms with E-state index in [1.807, 2.05) is 0 Å². The second-order valence-electron chi connectivity index (χ2n) is 6.56. The second kappa shape index (κ2) is 6.33. The van der Waals surface area contributed by atoms with Crippen molar-refractivity contribution in [1.29, 1.82) is 0 Å². The molecule has 2 heterocycles. The predicted octanol–water partition coefficient (Wildman–Crippen LogP) is 3.08. The Morgan fingerprint density at radius 1 is 0.966 bits per heavy atom. The smallest absolute Gasteiger partial charge is 0.325 e. The number of halogens is 5. The van der Waals surface area contributed by atoms with Crippen LogP contribution in [0, 0.1) is 29.1 Å². The summed E-state index contributed by atoms with van der Waals surface area (Å²) in [5.74, 6) is -11.1. The van der Waals surface area contributed by atoms with Crippen LogP contribution in [0.3, 0.4) is 0 Å². The summed E-state index contributed by atoms with van der Waals surface area (Å²) in [5, 5.41) is 2.37. The van der Waals surface area contributed by atoms with E-state index in [1.165, 1.54) is 25.1 Å². The lowest BCUT2D eigenvalue weighted by Crippen LogP contribution is -2.40. The van der Waals surface area contributed by atoms with Crippen LogP contribution in [0.1, 0.15) is 18.1 Å². The molecule has 1 atom stereocenters. The van der Waals surface area contributed by atoms with Gasteiger partial charge in [0.1, 0.15) is 5.54 Å². The first kappa shape index (κ1) is 19.0. The number of rotatable bonds is 3. The van der Waals surface area contributed by atoms with E-state index >= 15 is 0 Å². The molecule has 2 aliphatic heterocycles. The van der Waals surface area contributed by atoms with E-state index in [0.717, 1.165) is 0 Å². The number of ether oxygens (including phenoxy) is 2. The van der Waals surface area contributed by atoms with Crippen LogP contribution in [0.25, 0.3) is 0 Å². The Hall–Kier alpha value is -3.37. The molecule has 2 aliphatic rings. The van der Waals surface area contributed by atoms with Gasteiger partial charge < -0.3 is 14.8 Å². The van der Waals surface area contributed by atoms with E-state index in [0.29, 0.717) is 16.4 Å². The highest BCUT2D eigenvalue weighted by Gasteiger charge is 2.50. The third-order valence-corrected chi connectivity index (χ3v) is 4.84. The maximum absolute atomic E-state index is 14.0. The zero-order chi connectivity index (χ0) is 21.1. The van der Waals surface area contributed by atoms with E-state index in [1.54, 1.807) is 0 Å². The van der Waals surface area contributed by atoms with E-state index in [9.17, 15) is 31.5 Å². The Morgan fingerprint density at radius 3 is 2.21 bits per heavy atom. The van der Waals surface area contributed by atoms with Gasteiger partial charge in [0.25, 0.3) is 5.91 Å². The Morgan fingerprint density at radius 2 is 1.55 bits per heavy atom. The number of imide groups is 1. The molecule has 0 bridgehead atoms. The van der Waals surface area contributed by atoms with Gasteiger partial charge in [0.2, 0.25) is 12.6 Å². The number of hydrogen-bond donors (Lipinski definition) is 1. The number of carbonyl (C=O) groups excluding carboxylic acids is 2. The molecule has 0 radical (unpaired) electrons. The van der Waals surface area contributed by atoms with Crippen LogP contribution < -0.4 is 14.8 Å². The first-order chi connectivity index (χ1) is 13.6. The lowest BCUT2D eigenvalue weighted by atomic mass is 9.91. The van der Waals surface area contributed by atoms with Gasteiger partial charge in [-0.2, -0.15) is 0 Å². The Kier molecular flexibility index (Phi) is 4.14. The van der Waals surface area contributed by atoms with Crippen molar-refractivity contribution in [2.45, 2.75) is 19.0 Å². The average Bonchev–Trinajstić information content (AvgIpc) is 3.25. The van der Waals surface area contributed by atoms with Crippen LogP contribution in [0.15, 0.2) is 18.2 Å². The zero-order valence-electron chi connectivity index (χ0n) is 14.6. The lowest BCUT2D eigenvalue weighted by Gasteiger charge is -2.22. The summed E-state index contributed by atoms with van der Waals surface area (Å²) in [6.07, 6.45) is 0. The van der Waals surface area contributed by atoms with Crippen LogP contribution in [-0.2, 0) is 16.9 Å². The first-order valence-electron chi connectivity index (χ1n) is 8.19. The third-order valence-electron chi connectivity index (χ3n) is 4.84. The molecule has 1 fully saturated rings. The molecule has 1 saturated heterocycles. The van der Waals surface area contributed by atoms with Crippen molar-refractivity contribution in [3.05, 3.63) is 58.4 Å². The maximum atomic E-state index is 14.0. The highest BCUT2D eigenvalue weighted by atomic mass is 19.2. The fourth-order valence-electron chi connectivity index (χ4n) is 3.19. The molecule has 6 nitrogen and oxygen atoms in total. The topological polar surface area (TPSA) is 67.9 Å². The third kappa shape index (κ3) is 2.68. The van der Waals surface area contributed by atoms with Gasteiger partial charge in [-0.3, -0.25) is 9.69 Å². The molecule has 152 valence electrons. The van der Waals surface area contributed by atoms with E-state index < -0.39 is 58.7 Å². The van der Waals surface area contributed by atoms with Gasteiger partial charge in [0, 0.05) is 5.56 Å². The average molecular weight is 414 g/mol. The quantitative estimate of drug-likeness (QED) is 0.363. The summed E-state index contributed by atoms with van der Waals surface area (Å²) in [4.78, 5) is 25.5. The molecule has 0 aromatic heterocycles. The Labute approximate surface area is 159 Å². The van der Waals surface area contributed by atoms with Crippen molar-refractivity contribution >= 4 is 11.9 Å². The van der Waals surface area contributed by atoms with Gasteiger partial charge in [0.15, 0.2) is 34.8 Å². The Balaban J connectivity index is 1.70. The van der Waals surface area contributed by atoms with E-state index in [4.69, 9.17) is 9.47 Å². The van der Waals surface area contributed by atoms with E-state index in [2.05, 4.69) is 5.32 Å². The SMILES string of the molecule is C[C@@]1(c2ccc3c(c2)OCO3)NC(=O)N(Cc2c(F)c(F)c(F)c(F)c2F)C1=O. The van der Waals surface area contributed by atoms with Gasteiger partial charge in [-0.25, -0.2) is 26.7 Å². The number of hydrogen-bond acceptors (Lipinski definition) is 4. The summed E-state index contributed by atoms with van der Waals surface area (Å²) >= 11 is 0. The van der Waals surface area contributed by atoms with Crippen LogP contribution in [0.5, 0.6) is 11.5 Å². The monoisotopic (exact) mass is 414 g/mol. The molecule has 3 amide bonds. The van der Waals surface area contributed by atoms with Crippen LogP contribution in [-0.4, -0.2) is 23.6 Å². The first-order valence-corrected chi connectivity index (χ1v) is 8.19. The highest BCUT2D eigenvalue weighted by molar-refractivity contribution is 6.07. The molecule has 29 heavy (non-hydrogen) atoms. The Bertz CT molecular complexity index is 1050. The fourth-order valence-corrected chi connectivity index (χ4v) is 3.19. The molecule has 0 aliphatic carbocycles. The molecule has 11 heteroatoms. The maximum Gasteiger partial charge on any atom is 0.325 e. The number of benzene rings is 2.